The number of likely N-dealkylation sites (tertiary alicyclic amines) is 1. The third-order valence-corrected chi connectivity index (χ3v) is 4.80. The molecule has 0 aromatic heterocycles. The summed E-state index contributed by atoms with van der Waals surface area (Å²) in [6, 6.07) is 6.84. The minimum absolute atomic E-state index is 0.0222. The van der Waals surface area contributed by atoms with E-state index in [1.54, 1.807) is 0 Å². The molecule has 112 valence electrons. The fraction of sp³-hybridized carbons (Fsp3) is 0.647. The fourth-order valence-corrected chi connectivity index (χ4v) is 3.24. The highest BCUT2D eigenvalue weighted by Crippen LogP contribution is 2.28. The number of nitrogens with zero attached hydrogens (tertiary/aromatic N) is 1. The second-order valence-electron chi connectivity index (χ2n) is 6.37. The molecule has 1 fully saturated rings. The summed E-state index contributed by atoms with van der Waals surface area (Å²) in [7, 11) is 0. The van der Waals surface area contributed by atoms with Gasteiger partial charge in [-0.2, -0.15) is 0 Å². The van der Waals surface area contributed by atoms with Crippen LogP contribution in [-0.2, 0) is 6.42 Å². The summed E-state index contributed by atoms with van der Waals surface area (Å²) in [6.45, 7) is 7.43. The topological polar surface area (TPSA) is 29.3 Å². The number of rotatable bonds is 5. The number of halogens is 1. The first-order chi connectivity index (χ1) is 9.57. The Morgan fingerprint density at radius 1 is 1.35 bits per heavy atom. The first-order valence-corrected chi connectivity index (χ1v) is 7.77. The number of hydrogen-bond donors (Lipinski definition) is 1. The van der Waals surface area contributed by atoms with Gasteiger partial charge in [-0.15, -0.1) is 0 Å². The standard InChI is InChI=1S/C17H27FN2/c1-3-14-5-4-10-20(12-14)17(2,13-19)11-15-6-8-16(18)9-7-15/h6-9,14H,3-5,10-13,19H2,1-2H3. The Labute approximate surface area is 122 Å². The van der Waals surface area contributed by atoms with E-state index in [4.69, 9.17) is 5.73 Å². The van der Waals surface area contributed by atoms with Gasteiger partial charge in [0.25, 0.3) is 0 Å². The molecule has 0 radical (unpaired) electrons. The van der Waals surface area contributed by atoms with Crippen LogP contribution in [-0.4, -0.2) is 30.1 Å². The van der Waals surface area contributed by atoms with Crippen LogP contribution in [0.2, 0.25) is 0 Å². The van der Waals surface area contributed by atoms with Crippen molar-refractivity contribution in [2.24, 2.45) is 11.7 Å². The van der Waals surface area contributed by atoms with Crippen LogP contribution in [0.15, 0.2) is 24.3 Å². The highest BCUT2D eigenvalue weighted by Gasteiger charge is 2.33. The highest BCUT2D eigenvalue weighted by molar-refractivity contribution is 5.19. The lowest BCUT2D eigenvalue weighted by Gasteiger charge is -2.45. The normalized spacial score (nSPS) is 23.5. The quantitative estimate of drug-likeness (QED) is 0.896. The summed E-state index contributed by atoms with van der Waals surface area (Å²) in [5.41, 5.74) is 7.23. The van der Waals surface area contributed by atoms with E-state index >= 15 is 0 Å². The molecule has 1 aliphatic heterocycles. The van der Waals surface area contributed by atoms with Crippen molar-refractivity contribution in [1.29, 1.82) is 0 Å². The van der Waals surface area contributed by atoms with Crippen molar-refractivity contribution in [1.82, 2.24) is 4.90 Å². The molecule has 2 atom stereocenters. The predicted molar refractivity (Wildman–Crippen MR) is 82.2 cm³/mol. The van der Waals surface area contributed by atoms with E-state index in [0.29, 0.717) is 6.54 Å². The molecule has 2 nitrogen and oxygen atoms in total. The van der Waals surface area contributed by atoms with Gasteiger partial charge in [-0.3, -0.25) is 4.90 Å². The molecule has 1 aliphatic rings. The molecule has 1 saturated heterocycles. The lowest BCUT2D eigenvalue weighted by atomic mass is 9.86. The molecule has 0 spiro atoms. The van der Waals surface area contributed by atoms with Crippen LogP contribution in [0.1, 0.15) is 38.7 Å². The van der Waals surface area contributed by atoms with Gasteiger partial charge in [-0.05, 0) is 56.3 Å². The minimum atomic E-state index is -0.174. The van der Waals surface area contributed by atoms with Gasteiger partial charge in [0.05, 0.1) is 0 Å². The molecule has 2 rings (SSSR count). The maximum Gasteiger partial charge on any atom is 0.123 e. The van der Waals surface area contributed by atoms with Crippen LogP contribution >= 0.6 is 0 Å². The van der Waals surface area contributed by atoms with Crippen LogP contribution in [0.5, 0.6) is 0 Å². The number of benzene rings is 1. The Bertz CT molecular complexity index is 418. The number of hydrogen-bond acceptors (Lipinski definition) is 2. The van der Waals surface area contributed by atoms with E-state index in [-0.39, 0.29) is 11.4 Å². The van der Waals surface area contributed by atoms with E-state index < -0.39 is 0 Å². The Morgan fingerprint density at radius 2 is 2.05 bits per heavy atom. The van der Waals surface area contributed by atoms with E-state index in [1.807, 2.05) is 12.1 Å². The second kappa shape index (κ2) is 6.68. The van der Waals surface area contributed by atoms with Gasteiger partial charge in [0.2, 0.25) is 0 Å². The van der Waals surface area contributed by atoms with Crippen LogP contribution < -0.4 is 5.73 Å². The molecule has 1 aromatic rings. The zero-order valence-electron chi connectivity index (χ0n) is 12.7. The highest BCUT2D eigenvalue weighted by atomic mass is 19.1. The number of piperidine rings is 1. The Balaban J connectivity index is 2.09. The average Bonchev–Trinajstić information content (AvgIpc) is 2.49. The monoisotopic (exact) mass is 278 g/mol. The van der Waals surface area contributed by atoms with Crippen LogP contribution in [0.25, 0.3) is 0 Å². The molecule has 20 heavy (non-hydrogen) atoms. The smallest absolute Gasteiger partial charge is 0.123 e. The van der Waals surface area contributed by atoms with Crippen molar-refractivity contribution in [3.8, 4) is 0 Å². The molecule has 1 aromatic carbocycles. The van der Waals surface area contributed by atoms with Crippen LogP contribution in [0.3, 0.4) is 0 Å². The second-order valence-corrected chi connectivity index (χ2v) is 6.37. The molecular weight excluding hydrogens is 251 g/mol. The van der Waals surface area contributed by atoms with E-state index in [9.17, 15) is 4.39 Å². The summed E-state index contributed by atoms with van der Waals surface area (Å²) in [6.07, 6.45) is 4.73. The predicted octanol–water partition coefficient (Wildman–Crippen LogP) is 3.21. The van der Waals surface area contributed by atoms with Gasteiger partial charge in [-0.25, -0.2) is 4.39 Å². The van der Waals surface area contributed by atoms with E-state index in [0.717, 1.165) is 31.0 Å². The van der Waals surface area contributed by atoms with Crippen molar-refractivity contribution in [2.75, 3.05) is 19.6 Å². The van der Waals surface area contributed by atoms with Crippen molar-refractivity contribution < 1.29 is 4.39 Å². The van der Waals surface area contributed by atoms with Crippen molar-refractivity contribution in [3.63, 3.8) is 0 Å². The summed E-state index contributed by atoms with van der Waals surface area (Å²) < 4.78 is 13.0. The molecule has 0 bridgehead atoms. The van der Waals surface area contributed by atoms with Gasteiger partial charge in [-0.1, -0.05) is 25.5 Å². The molecule has 0 aliphatic carbocycles. The molecule has 0 saturated carbocycles. The molecule has 1 heterocycles. The minimum Gasteiger partial charge on any atom is -0.329 e. The third kappa shape index (κ3) is 3.58. The van der Waals surface area contributed by atoms with Gasteiger partial charge in [0.1, 0.15) is 5.82 Å². The Hall–Kier alpha value is -0.930. The maximum atomic E-state index is 13.0. The van der Waals surface area contributed by atoms with E-state index in [2.05, 4.69) is 18.7 Å². The van der Waals surface area contributed by atoms with Crippen LogP contribution in [0, 0.1) is 11.7 Å². The van der Waals surface area contributed by atoms with Crippen LogP contribution in [0.4, 0.5) is 4.39 Å². The Kier molecular flexibility index (Phi) is 5.17. The molecule has 2 N–H and O–H groups in total. The lowest BCUT2D eigenvalue weighted by Crippen LogP contribution is -2.56. The van der Waals surface area contributed by atoms with E-state index in [1.165, 1.54) is 31.4 Å². The summed E-state index contributed by atoms with van der Waals surface area (Å²) in [4.78, 5) is 2.55. The van der Waals surface area contributed by atoms with Crippen molar-refractivity contribution in [3.05, 3.63) is 35.6 Å². The van der Waals surface area contributed by atoms with Gasteiger partial charge in [0.15, 0.2) is 0 Å². The largest absolute Gasteiger partial charge is 0.329 e. The molecular formula is C17H27FN2. The number of nitrogens with two attached hydrogens (primary N) is 1. The van der Waals surface area contributed by atoms with Gasteiger partial charge < -0.3 is 5.73 Å². The zero-order chi connectivity index (χ0) is 14.6. The first kappa shape index (κ1) is 15.5. The molecule has 3 heteroatoms. The fourth-order valence-electron chi connectivity index (χ4n) is 3.24. The zero-order valence-corrected chi connectivity index (χ0v) is 12.7. The van der Waals surface area contributed by atoms with Crippen molar-refractivity contribution >= 4 is 0 Å². The SMILES string of the molecule is CCC1CCCN(C(C)(CN)Cc2ccc(F)cc2)C1. The average molecular weight is 278 g/mol. The van der Waals surface area contributed by atoms with Gasteiger partial charge >= 0.3 is 0 Å². The molecule has 2 unspecified atom stereocenters. The maximum absolute atomic E-state index is 13.0. The third-order valence-electron chi connectivity index (χ3n) is 4.80. The molecule has 0 amide bonds. The van der Waals surface area contributed by atoms with Gasteiger partial charge in [0, 0.05) is 18.6 Å². The summed E-state index contributed by atoms with van der Waals surface area (Å²) in [5, 5.41) is 0. The first-order valence-electron chi connectivity index (χ1n) is 7.77. The summed E-state index contributed by atoms with van der Waals surface area (Å²) >= 11 is 0. The van der Waals surface area contributed by atoms with Crippen molar-refractivity contribution in [2.45, 2.75) is 45.1 Å². The lowest BCUT2D eigenvalue weighted by molar-refractivity contribution is 0.0586. The summed E-state index contributed by atoms with van der Waals surface area (Å²) in [5.74, 6) is 0.620. The Morgan fingerprint density at radius 3 is 2.65 bits per heavy atom.